The predicted molar refractivity (Wildman–Crippen MR) is 62.2 cm³/mol. The molecule has 92 valence electrons. The molecule has 0 saturated carbocycles. The lowest BCUT2D eigenvalue weighted by Gasteiger charge is -2.25. The number of nitrogens with zero attached hydrogens (tertiary/aromatic N) is 1. The van der Waals surface area contributed by atoms with Gasteiger partial charge in [0.2, 0.25) is 5.91 Å². The molecule has 1 amide bonds. The monoisotopic (exact) mass is 226 g/mol. The van der Waals surface area contributed by atoms with Gasteiger partial charge in [0.25, 0.3) is 0 Å². The van der Waals surface area contributed by atoms with E-state index in [2.05, 4.69) is 12.2 Å². The van der Waals surface area contributed by atoms with E-state index in [0.717, 1.165) is 38.9 Å². The molecule has 2 saturated heterocycles. The topological polar surface area (TPSA) is 41.6 Å². The summed E-state index contributed by atoms with van der Waals surface area (Å²) >= 11 is 0. The van der Waals surface area contributed by atoms with Crippen LogP contribution in [0.5, 0.6) is 0 Å². The summed E-state index contributed by atoms with van der Waals surface area (Å²) < 4.78 is 5.77. The molecule has 2 aliphatic rings. The van der Waals surface area contributed by atoms with Gasteiger partial charge in [-0.2, -0.15) is 0 Å². The molecular weight excluding hydrogens is 204 g/mol. The maximum Gasteiger partial charge on any atom is 0.239 e. The van der Waals surface area contributed by atoms with Crippen LogP contribution in [0.4, 0.5) is 0 Å². The van der Waals surface area contributed by atoms with Gasteiger partial charge in [-0.1, -0.05) is 0 Å². The van der Waals surface area contributed by atoms with Gasteiger partial charge < -0.3 is 15.0 Å². The average Bonchev–Trinajstić information content (AvgIpc) is 2.60. The zero-order chi connectivity index (χ0) is 11.5. The molecule has 2 rings (SSSR count). The Kier molecular flexibility index (Phi) is 3.82. The number of carbonyl (C=O) groups is 1. The van der Waals surface area contributed by atoms with E-state index in [-0.39, 0.29) is 18.1 Å². The highest BCUT2D eigenvalue weighted by Gasteiger charge is 2.28. The van der Waals surface area contributed by atoms with E-state index in [1.807, 2.05) is 11.8 Å². The lowest BCUT2D eigenvalue weighted by atomic mass is 10.2. The van der Waals surface area contributed by atoms with E-state index < -0.39 is 0 Å². The van der Waals surface area contributed by atoms with Crippen LogP contribution in [0.25, 0.3) is 0 Å². The van der Waals surface area contributed by atoms with E-state index in [4.69, 9.17) is 4.74 Å². The van der Waals surface area contributed by atoms with E-state index in [0.29, 0.717) is 6.10 Å². The van der Waals surface area contributed by atoms with Crippen LogP contribution >= 0.6 is 0 Å². The first-order chi connectivity index (χ1) is 7.66. The van der Waals surface area contributed by atoms with Gasteiger partial charge in [0, 0.05) is 13.1 Å². The fourth-order valence-corrected chi connectivity index (χ4v) is 2.51. The van der Waals surface area contributed by atoms with Gasteiger partial charge >= 0.3 is 0 Å². The van der Waals surface area contributed by atoms with Crippen LogP contribution in [-0.2, 0) is 9.53 Å². The van der Waals surface area contributed by atoms with Gasteiger partial charge in [0.1, 0.15) is 0 Å². The zero-order valence-corrected chi connectivity index (χ0v) is 10.2. The third-order valence-corrected chi connectivity index (χ3v) is 3.48. The molecule has 2 aliphatic heterocycles. The first-order valence-corrected chi connectivity index (χ1v) is 6.34. The number of nitrogens with one attached hydrogen (secondary N) is 1. The molecular formula is C12H22N2O2. The SMILES string of the molecule is CC1CCC(CN2CCCNC(C)C2=O)O1. The average molecular weight is 226 g/mol. The van der Waals surface area contributed by atoms with Crippen LogP contribution in [0.2, 0.25) is 0 Å². The summed E-state index contributed by atoms with van der Waals surface area (Å²) in [6.45, 7) is 6.62. The minimum absolute atomic E-state index is 0.0404. The van der Waals surface area contributed by atoms with Crippen LogP contribution in [-0.4, -0.2) is 48.7 Å². The number of amides is 1. The highest BCUT2D eigenvalue weighted by atomic mass is 16.5. The van der Waals surface area contributed by atoms with Gasteiger partial charge in [-0.25, -0.2) is 0 Å². The fourth-order valence-electron chi connectivity index (χ4n) is 2.51. The molecule has 0 bridgehead atoms. The number of hydrogen-bond acceptors (Lipinski definition) is 3. The standard InChI is InChI=1S/C12H22N2O2/c1-9-4-5-11(16-9)8-14-7-3-6-13-10(2)12(14)15/h9-11,13H,3-8H2,1-2H3. The summed E-state index contributed by atoms with van der Waals surface area (Å²) in [6.07, 6.45) is 3.87. The first kappa shape index (κ1) is 11.9. The van der Waals surface area contributed by atoms with Crippen molar-refractivity contribution in [3.8, 4) is 0 Å². The molecule has 0 aromatic carbocycles. The van der Waals surface area contributed by atoms with Crippen molar-refractivity contribution in [2.75, 3.05) is 19.6 Å². The molecule has 1 N–H and O–H groups in total. The molecule has 0 aliphatic carbocycles. The van der Waals surface area contributed by atoms with Crippen LogP contribution < -0.4 is 5.32 Å². The molecule has 0 aromatic rings. The summed E-state index contributed by atoms with van der Waals surface area (Å²) in [5.41, 5.74) is 0. The van der Waals surface area contributed by atoms with Crippen LogP contribution in [0.1, 0.15) is 33.1 Å². The highest BCUT2D eigenvalue weighted by molar-refractivity contribution is 5.81. The van der Waals surface area contributed by atoms with E-state index in [9.17, 15) is 4.79 Å². The van der Waals surface area contributed by atoms with E-state index in [1.165, 1.54) is 0 Å². The lowest BCUT2D eigenvalue weighted by molar-refractivity contribution is -0.134. The smallest absolute Gasteiger partial charge is 0.239 e. The maximum absolute atomic E-state index is 12.0. The van der Waals surface area contributed by atoms with Gasteiger partial charge in [-0.3, -0.25) is 4.79 Å². The Morgan fingerprint density at radius 2 is 2.25 bits per heavy atom. The lowest BCUT2D eigenvalue weighted by Crippen LogP contribution is -2.44. The minimum Gasteiger partial charge on any atom is -0.373 e. The van der Waals surface area contributed by atoms with Crippen LogP contribution in [0, 0.1) is 0 Å². The van der Waals surface area contributed by atoms with Gasteiger partial charge in [-0.05, 0) is 39.7 Å². The molecule has 0 radical (unpaired) electrons. The largest absolute Gasteiger partial charge is 0.373 e. The highest BCUT2D eigenvalue weighted by Crippen LogP contribution is 2.20. The second-order valence-corrected chi connectivity index (χ2v) is 4.96. The molecule has 0 aromatic heterocycles. The van der Waals surface area contributed by atoms with Crippen molar-refractivity contribution in [1.29, 1.82) is 0 Å². The Bertz CT molecular complexity index is 257. The van der Waals surface area contributed by atoms with Gasteiger partial charge in [-0.15, -0.1) is 0 Å². The normalized spacial score (nSPS) is 36.5. The number of hydrogen-bond donors (Lipinski definition) is 1. The molecule has 2 fully saturated rings. The summed E-state index contributed by atoms with van der Waals surface area (Å²) in [5, 5.41) is 3.23. The zero-order valence-electron chi connectivity index (χ0n) is 10.2. The summed E-state index contributed by atoms with van der Waals surface area (Å²) in [5.74, 6) is 0.223. The molecule has 4 nitrogen and oxygen atoms in total. The Balaban J connectivity index is 1.89. The van der Waals surface area contributed by atoms with Crippen molar-refractivity contribution in [1.82, 2.24) is 10.2 Å². The Morgan fingerprint density at radius 1 is 1.44 bits per heavy atom. The Hall–Kier alpha value is -0.610. The van der Waals surface area contributed by atoms with Crippen LogP contribution in [0.15, 0.2) is 0 Å². The Labute approximate surface area is 97.3 Å². The van der Waals surface area contributed by atoms with Crippen molar-refractivity contribution < 1.29 is 9.53 Å². The molecule has 2 heterocycles. The van der Waals surface area contributed by atoms with Crippen molar-refractivity contribution >= 4 is 5.91 Å². The molecule has 4 heteroatoms. The van der Waals surface area contributed by atoms with Gasteiger partial charge in [0.05, 0.1) is 18.2 Å². The number of ether oxygens (including phenoxy) is 1. The fraction of sp³-hybridized carbons (Fsp3) is 0.917. The second-order valence-electron chi connectivity index (χ2n) is 4.96. The summed E-state index contributed by atoms with van der Waals surface area (Å²) in [7, 11) is 0. The summed E-state index contributed by atoms with van der Waals surface area (Å²) in [6, 6.07) is -0.0404. The predicted octanol–water partition coefficient (Wildman–Crippen LogP) is 0.764. The first-order valence-electron chi connectivity index (χ1n) is 6.34. The molecule has 16 heavy (non-hydrogen) atoms. The van der Waals surface area contributed by atoms with Crippen LogP contribution in [0.3, 0.4) is 0 Å². The minimum atomic E-state index is -0.0404. The van der Waals surface area contributed by atoms with Crippen molar-refractivity contribution in [2.45, 2.75) is 51.4 Å². The number of rotatable bonds is 2. The third kappa shape index (κ3) is 2.74. The third-order valence-electron chi connectivity index (χ3n) is 3.48. The number of carbonyl (C=O) groups excluding carboxylic acids is 1. The molecule has 3 atom stereocenters. The van der Waals surface area contributed by atoms with Crippen molar-refractivity contribution in [2.24, 2.45) is 0 Å². The summed E-state index contributed by atoms with van der Waals surface area (Å²) in [4.78, 5) is 14.0. The van der Waals surface area contributed by atoms with E-state index >= 15 is 0 Å². The molecule has 3 unspecified atom stereocenters. The maximum atomic E-state index is 12.0. The van der Waals surface area contributed by atoms with E-state index in [1.54, 1.807) is 0 Å². The van der Waals surface area contributed by atoms with Gasteiger partial charge in [0.15, 0.2) is 0 Å². The quantitative estimate of drug-likeness (QED) is 0.756. The molecule has 0 spiro atoms. The van der Waals surface area contributed by atoms with Crippen molar-refractivity contribution in [3.05, 3.63) is 0 Å². The van der Waals surface area contributed by atoms with Crippen molar-refractivity contribution in [3.63, 3.8) is 0 Å². The Morgan fingerprint density at radius 3 is 2.94 bits per heavy atom. The second kappa shape index (κ2) is 5.15.